The zero-order valence-corrected chi connectivity index (χ0v) is 18.4. The van der Waals surface area contributed by atoms with Crippen molar-refractivity contribution in [1.82, 2.24) is 0 Å². The fourth-order valence-corrected chi connectivity index (χ4v) is 2.44. The van der Waals surface area contributed by atoms with E-state index in [0.717, 1.165) is 38.9 Å². The molecule has 0 aliphatic carbocycles. The van der Waals surface area contributed by atoms with Crippen molar-refractivity contribution in [2.45, 2.75) is 76.3 Å². The van der Waals surface area contributed by atoms with Crippen LogP contribution in [0.2, 0.25) is 0 Å². The summed E-state index contributed by atoms with van der Waals surface area (Å²) in [6, 6.07) is 0. The Hall–Kier alpha value is 1.16. The summed E-state index contributed by atoms with van der Waals surface area (Å²) in [6.45, 7) is 2.96. The van der Waals surface area contributed by atoms with E-state index in [0.29, 0.717) is 0 Å². The number of halogens is 3. The second-order valence-electron chi connectivity index (χ2n) is 6.08. The van der Waals surface area contributed by atoms with E-state index in [-0.39, 0.29) is 18.5 Å². The van der Waals surface area contributed by atoms with Gasteiger partial charge in [-0.25, -0.2) is 0 Å². The van der Waals surface area contributed by atoms with Crippen LogP contribution in [0.3, 0.4) is 0 Å². The molecule has 3 aliphatic heterocycles. The van der Waals surface area contributed by atoms with E-state index in [4.69, 9.17) is 47.3 Å². The third-order valence-corrected chi connectivity index (χ3v) is 3.81. The quantitative estimate of drug-likeness (QED) is 0.496. The van der Waals surface area contributed by atoms with E-state index >= 15 is 0 Å². The summed E-state index contributed by atoms with van der Waals surface area (Å²) < 4.78 is 0. The molecular weight excluding hydrogens is 423 g/mol. The van der Waals surface area contributed by atoms with Gasteiger partial charge in [-0.3, -0.25) is 0 Å². The number of piperidine rings is 3. The maximum atomic E-state index is 5.47. The van der Waals surface area contributed by atoms with Crippen LogP contribution in [0.25, 0.3) is 16.0 Å². The minimum absolute atomic E-state index is 0.161. The Labute approximate surface area is 170 Å². The molecule has 3 fully saturated rings. The van der Waals surface area contributed by atoms with Crippen molar-refractivity contribution >= 4 is 30.1 Å². The molecule has 6 N–H and O–H groups in total. The molecule has 0 aromatic carbocycles. The van der Waals surface area contributed by atoms with Gasteiger partial charge in [-0.15, -0.1) is 19.6 Å². The van der Waals surface area contributed by atoms with Crippen LogP contribution in [-0.2, 0) is 11.4 Å². The molecule has 10 heteroatoms. The topological polar surface area (TPSA) is 120 Å². The second-order valence-corrected chi connectivity index (χ2v) is 12.4. The Morgan fingerprint density at radius 2 is 0.800 bits per heavy atom. The Kier molecular flexibility index (Phi) is 19.4. The van der Waals surface area contributed by atoms with E-state index in [1.165, 1.54) is 38.5 Å². The summed E-state index contributed by atoms with van der Waals surface area (Å²) in [5.74, 6) is 0. The molecule has 153 valence electrons. The summed E-state index contributed by atoms with van der Waals surface area (Å²) in [4.78, 5) is 0. The molecule has 0 amide bonds. The minimum atomic E-state index is -1.62. The van der Waals surface area contributed by atoms with Gasteiger partial charge in [0.25, 0.3) is 0 Å². The third-order valence-electron chi connectivity index (χ3n) is 3.81. The van der Waals surface area contributed by atoms with E-state index < -0.39 is 11.4 Å². The predicted octanol–water partition coefficient (Wildman–Crippen LogP) is 4.55. The molecule has 0 aromatic heterocycles. The van der Waals surface area contributed by atoms with Crippen molar-refractivity contribution in [3.63, 3.8) is 0 Å². The van der Waals surface area contributed by atoms with Crippen molar-refractivity contribution in [3.05, 3.63) is 16.0 Å². The van der Waals surface area contributed by atoms with Crippen molar-refractivity contribution in [2.75, 3.05) is 19.6 Å². The van der Waals surface area contributed by atoms with Crippen LogP contribution in [0.15, 0.2) is 0 Å². The van der Waals surface area contributed by atoms with Crippen molar-refractivity contribution < 1.29 is 11.4 Å². The van der Waals surface area contributed by atoms with Gasteiger partial charge in [0.1, 0.15) is 0 Å². The monoisotopic (exact) mass is 454 g/mol. The molecule has 0 bridgehead atoms. The van der Waals surface area contributed by atoms with E-state index in [2.05, 4.69) is 16.0 Å². The average molecular weight is 456 g/mol. The number of hydrogen-bond acceptors (Lipinski definition) is 3. The van der Waals surface area contributed by atoms with Crippen LogP contribution in [0.4, 0.5) is 0 Å². The summed E-state index contributed by atoms with van der Waals surface area (Å²) in [5.41, 5.74) is 16.4. The predicted molar refractivity (Wildman–Crippen MR) is 108 cm³/mol. The molecule has 0 spiro atoms. The summed E-state index contributed by atoms with van der Waals surface area (Å²) >= 11 is -1.62. The molecule has 25 heavy (non-hydrogen) atoms. The molecule has 0 aromatic rings. The van der Waals surface area contributed by atoms with E-state index in [1.807, 2.05) is 0 Å². The number of nitrogens with zero attached hydrogens (tertiary/aromatic N) is 3. The first-order valence-electron chi connectivity index (χ1n) is 8.91. The first-order chi connectivity index (χ1) is 11.9. The van der Waals surface area contributed by atoms with Gasteiger partial charge in [-0.05, 0) is 0 Å². The zero-order valence-electron chi connectivity index (χ0n) is 14.8. The van der Waals surface area contributed by atoms with Crippen molar-refractivity contribution in [2.24, 2.45) is 17.2 Å². The number of rotatable bonds is 0. The molecule has 0 radical (unpaired) electrons. The van der Waals surface area contributed by atoms with Gasteiger partial charge in [0, 0.05) is 0 Å². The molecule has 0 saturated carbocycles. The summed E-state index contributed by atoms with van der Waals surface area (Å²) in [5, 5.41) is 12.3. The molecule has 3 saturated heterocycles. The van der Waals surface area contributed by atoms with Gasteiger partial charge in [0.15, 0.2) is 0 Å². The molecule has 3 heterocycles. The van der Waals surface area contributed by atoms with Gasteiger partial charge in [-0.1, -0.05) is 76.3 Å². The van der Waals surface area contributed by atoms with Crippen LogP contribution in [0.5, 0.6) is 0 Å². The molecule has 3 atom stereocenters. The van der Waals surface area contributed by atoms with E-state index in [9.17, 15) is 0 Å². The number of hydrogen-bond donors (Lipinski definition) is 3. The molecule has 3 unspecified atom stereocenters. The Balaban J connectivity index is 0.000000314. The van der Waals surface area contributed by atoms with Crippen LogP contribution >= 0.6 is 30.1 Å². The van der Waals surface area contributed by atoms with Gasteiger partial charge < -0.3 is 33.2 Å². The fraction of sp³-hybridized carbons (Fsp3) is 1.00. The normalized spacial score (nSPS) is 29.2. The first kappa shape index (κ1) is 26.2. The van der Waals surface area contributed by atoms with E-state index in [1.54, 1.807) is 0 Å². The number of nitrogens with two attached hydrogens (primary N) is 3. The van der Waals surface area contributed by atoms with Crippen LogP contribution in [-0.4, -0.2) is 38.1 Å². The first-order valence-corrected chi connectivity index (χ1v) is 14.2. The van der Waals surface area contributed by atoms with Crippen LogP contribution < -0.4 is 17.2 Å². The average Bonchev–Trinajstić information content (AvgIpc) is 2.58. The van der Waals surface area contributed by atoms with Gasteiger partial charge in [-0.2, -0.15) is 0 Å². The van der Waals surface area contributed by atoms with Crippen LogP contribution in [0, 0.1) is 0 Å². The van der Waals surface area contributed by atoms with Gasteiger partial charge in [0.05, 0.1) is 0 Å². The fourth-order valence-electron chi connectivity index (χ4n) is 2.44. The Morgan fingerprint density at radius 1 is 0.560 bits per heavy atom. The van der Waals surface area contributed by atoms with Gasteiger partial charge >= 0.3 is 41.5 Å². The molecular formula is C15H33Cl3CrN6-3. The molecule has 3 rings (SSSR count). The standard InChI is InChI=1S/3C5H11N2.3ClH.Cr/c3*6-5-3-1-2-4-7-5;;;;/h3*5H,1-4,6H2;3*1H;/q3*-1;;;;+3/p-3. The summed E-state index contributed by atoms with van der Waals surface area (Å²) in [6.07, 6.45) is 11.3. The molecule has 3 aliphatic rings. The maximum absolute atomic E-state index is 5.47. The Morgan fingerprint density at radius 3 is 0.880 bits per heavy atom. The Bertz CT molecular complexity index is 233. The zero-order chi connectivity index (χ0) is 18.9. The third kappa shape index (κ3) is 21.3. The van der Waals surface area contributed by atoms with Crippen molar-refractivity contribution in [1.29, 1.82) is 0 Å². The SMILES string of the molecule is NC1CCCC[N-]1.NC1CCCC[N-]1.NC1CCCC[N-]1.[Cl][Cr]([Cl])[Cl]. The van der Waals surface area contributed by atoms with Crippen LogP contribution in [0.1, 0.15) is 57.8 Å². The second kappa shape index (κ2) is 18.5. The van der Waals surface area contributed by atoms with Gasteiger partial charge in [0.2, 0.25) is 0 Å². The van der Waals surface area contributed by atoms with Crippen molar-refractivity contribution in [3.8, 4) is 0 Å². The summed E-state index contributed by atoms with van der Waals surface area (Å²) in [7, 11) is 14.8. The molecule has 6 nitrogen and oxygen atoms in total.